The molecule has 2 heterocycles. The molecule has 0 amide bonds. The third kappa shape index (κ3) is 3.27. The lowest BCUT2D eigenvalue weighted by Gasteiger charge is -2.21. The van der Waals surface area contributed by atoms with Crippen LogP contribution in [0.5, 0.6) is 17.2 Å². The molecule has 1 saturated carbocycles. The Balaban J connectivity index is 1.80. The number of hydrogen-bond donors (Lipinski definition) is 2. The van der Waals surface area contributed by atoms with E-state index in [0.717, 1.165) is 5.56 Å². The molecule has 2 atom stereocenters. The molecule has 0 unspecified atom stereocenters. The van der Waals surface area contributed by atoms with Crippen molar-refractivity contribution in [2.75, 3.05) is 21.3 Å². The number of aromatic amines is 1. The average molecular weight is 411 g/mol. The Hall–Kier alpha value is -3.13. The van der Waals surface area contributed by atoms with Gasteiger partial charge in [0.15, 0.2) is 22.9 Å². The number of ether oxygens (including phenoxy) is 3. The van der Waals surface area contributed by atoms with Crippen molar-refractivity contribution in [3.8, 4) is 28.5 Å². The highest BCUT2D eigenvalue weighted by Crippen LogP contribution is 2.43. The minimum absolute atomic E-state index is 0.0263. The molecule has 0 bridgehead atoms. The molecule has 1 aliphatic rings. The zero-order valence-corrected chi connectivity index (χ0v) is 17.5. The third-order valence-corrected chi connectivity index (χ3v) is 5.85. The van der Waals surface area contributed by atoms with Crippen LogP contribution in [0, 0.1) is 5.41 Å². The van der Waals surface area contributed by atoms with Crippen LogP contribution in [0.25, 0.3) is 22.4 Å². The summed E-state index contributed by atoms with van der Waals surface area (Å²) in [5.74, 6) is 1.47. The number of methoxy groups -OCH3 is 3. The molecule has 158 valence electrons. The summed E-state index contributed by atoms with van der Waals surface area (Å²) in [7, 11) is 4.65. The first-order valence-corrected chi connectivity index (χ1v) is 9.77. The van der Waals surface area contributed by atoms with Crippen LogP contribution >= 0.6 is 0 Å². The quantitative estimate of drug-likeness (QED) is 0.599. The number of carbonyl (C=O) groups is 1. The second-order valence-corrected chi connectivity index (χ2v) is 7.86. The van der Waals surface area contributed by atoms with Crippen LogP contribution in [0.15, 0.2) is 24.5 Å². The van der Waals surface area contributed by atoms with Gasteiger partial charge in [0.05, 0.1) is 44.9 Å². The van der Waals surface area contributed by atoms with Gasteiger partial charge in [-0.25, -0.2) is 9.97 Å². The largest absolute Gasteiger partial charge is 0.493 e. The number of ketones is 1. The molecule has 0 radical (unpaired) electrons. The number of rotatable bonds is 6. The molecule has 8 heteroatoms. The average Bonchev–Trinajstić information content (AvgIpc) is 3.34. The zero-order chi connectivity index (χ0) is 21.5. The minimum Gasteiger partial charge on any atom is -0.493 e. The molecule has 1 aromatic carbocycles. The van der Waals surface area contributed by atoms with Crippen molar-refractivity contribution in [2.45, 2.75) is 32.3 Å². The van der Waals surface area contributed by atoms with Gasteiger partial charge in [0, 0.05) is 17.2 Å². The van der Waals surface area contributed by atoms with E-state index in [9.17, 15) is 9.90 Å². The number of aliphatic hydroxyl groups is 1. The van der Waals surface area contributed by atoms with Crippen molar-refractivity contribution in [2.24, 2.45) is 5.41 Å². The number of Topliss-reactive ketones (excluding diaryl/α,β-unsaturated/α-hetero) is 1. The molecule has 2 N–H and O–H groups in total. The molecule has 1 fully saturated rings. The number of nitrogens with zero attached hydrogens (tertiary/aromatic N) is 2. The summed E-state index contributed by atoms with van der Waals surface area (Å²) in [6.45, 7) is 1.90. The van der Waals surface area contributed by atoms with Gasteiger partial charge in [-0.05, 0) is 31.4 Å². The Bertz CT molecular complexity index is 1080. The number of benzene rings is 1. The molecule has 0 aliphatic heterocycles. The van der Waals surface area contributed by atoms with Gasteiger partial charge < -0.3 is 24.3 Å². The SMILES string of the molecule is COc1cc(-c2cnc3[nH]cc(C(=O)[C@@]4(C)CC[C@H](O)C4)c3n2)cc(OC)c1OC. The Morgan fingerprint density at radius 3 is 2.47 bits per heavy atom. The van der Waals surface area contributed by atoms with Gasteiger partial charge in [0.2, 0.25) is 5.75 Å². The van der Waals surface area contributed by atoms with E-state index in [1.165, 1.54) is 0 Å². The van der Waals surface area contributed by atoms with E-state index in [4.69, 9.17) is 19.2 Å². The predicted molar refractivity (Wildman–Crippen MR) is 111 cm³/mol. The van der Waals surface area contributed by atoms with Crippen LogP contribution in [0.4, 0.5) is 0 Å². The second-order valence-electron chi connectivity index (χ2n) is 7.86. The number of carbonyl (C=O) groups excluding carboxylic acids is 1. The predicted octanol–water partition coefficient (Wildman–Crippen LogP) is 3.38. The van der Waals surface area contributed by atoms with Crippen molar-refractivity contribution in [1.82, 2.24) is 15.0 Å². The number of aromatic nitrogens is 3. The second kappa shape index (κ2) is 7.60. The first-order valence-electron chi connectivity index (χ1n) is 9.77. The van der Waals surface area contributed by atoms with Crippen LogP contribution in [0.1, 0.15) is 36.5 Å². The molecule has 1 aliphatic carbocycles. The Kier molecular flexibility index (Phi) is 5.11. The molecule has 3 aromatic rings. The van der Waals surface area contributed by atoms with E-state index in [1.807, 2.05) is 6.92 Å². The minimum atomic E-state index is -0.598. The van der Waals surface area contributed by atoms with E-state index >= 15 is 0 Å². The number of hydrogen-bond acceptors (Lipinski definition) is 7. The van der Waals surface area contributed by atoms with Gasteiger partial charge in [-0.3, -0.25) is 4.79 Å². The van der Waals surface area contributed by atoms with E-state index in [-0.39, 0.29) is 5.78 Å². The van der Waals surface area contributed by atoms with Gasteiger partial charge in [-0.1, -0.05) is 6.92 Å². The van der Waals surface area contributed by atoms with Crippen LogP contribution in [-0.4, -0.2) is 53.3 Å². The lowest BCUT2D eigenvalue weighted by Crippen LogP contribution is -2.25. The van der Waals surface area contributed by atoms with Crippen molar-refractivity contribution < 1.29 is 24.1 Å². The van der Waals surface area contributed by atoms with Crippen molar-refractivity contribution >= 4 is 16.9 Å². The van der Waals surface area contributed by atoms with E-state index < -0.39 is 11.5 Å². The highest BCUT2D eigenvalue weighted by molar-refractivity contribution is 6.09. The maximum Gasteiger partial charge on any atom is 0.203 e. The summed E-state index contributed by atoms with van der Waals surface area (Å²) in [4.78, 5) is 25.5. The first-order chi connectivity index (χ1) is 14.4. The number of nitrogens with one attached hydrogen (secondary N) is 1. The molecule has 8 nitrogen and oxygen atoms in total. The molecule has 30 heavy (non-hydrogen) atoms. The fraction of sp³-hybridized carbons (Fsp3) is 0.409. The molecular weight excluding hydrogens is 386 g/mol. The van der Waals surface area contributed by atoms with E-state index in [2.05, 4.69) is 9.97 Å². The van der Waals surface area contributed by atoms with E-state index in [1.54, 1.807) is 45.9 Å². The van der Waals surface area contributed by atoms with E-state index in [0.29, 0.717) is 58.9 Å². The zero-order valence-electron chi connectivity index (χ0n) is 17.5. The third-order valence-electron chi connectivity index (χ3n) is 5.85. The maximum absolute atomic E-state index is 13.3. The molecule has 2 aromatic heterocycles. The maximum atomic E-state index is 13.3. The summed E-state index contributed by atoms with van der Waals surface area (Å²) in [5.41, 5.74) is 2.24. The normalized spacial score (nSPS) is 21.0. The van der Waals surface area contributed by atoms with Crippen molar-refractivity contribution in [3.05, 3.63) is 30.1 Å². The smallest absolute Gasteiger partial charge is 0.203 e. The van der Waals surface area contributed by atoms with Crippen LogP contribution in [0.3, 0.4) is 0 Å². The summed E-state index contributed by atoms with van der Waals surface area (Å²) < 4.78 is 16.2. The van der Waals surface area contributed by atoms with Gasteiger partial charge >= 0.3 is 0 Å². The highest BCUT2D eigenvalue weighted by Gasteiger charge is 2.42. The van der Waals surface area contributed by atoms with Crippen molar-refractivity contribution in [3.63, 3.8) is 0 Å². The van der Waals surface area contributed by atoms with Gasteiger partial charge in [-0.15, -0.1) is 0 Å². The summed E-state index contributed by atoms with van der Waals surface area (Å²) in [5, 5.41) is 9.94. The first kappa shape index (κ1) is 20.2. The Labute approximate surface area is 174 Å². The van der Waals surface area contributed by atoms with Crippen LogP contribution in [-0.2, 0) is 0 Å². The Morgan fingerprint density at radius 2 is 1.90 bits per heavy atom. The van der Waals surface area contributed by atoms with Gasteiger partial charge in [-0.2, -0.15) is 0 Å². The lowest BCUT2D eigenvalue weighted by atomic mass is 9.81. The standard InChI is InChI=1S/C22H25N3O5/c1-22(6-5-13(26)9-22)20(27)14-10-23-21-18(14)25-15(11-24-21)12-7-16(28-2)19(30-4)17(8-12)29-3/h7-8,10-11,13,26H,5-6,9H2,1-4H3,(H,23,24)/t13-,22-/m0/s1. The fourth-order valence-corrected chi connectivity index (χ4v) is 4.17. The van der Waals surface area contributed by atoms with Gasteiger partial charge in [0.1, 0.15) is 5.52 Å². The topological polar surface area (TPSA) is 107 Å². The molecular formula is C22H25N3O5. The molecule has 4 rings (SSSR count). The summed E-state index contributed by atoms with van der Waals surface area (Å²) >= 11 is 0. The lowest BCUT2D eigenvalue weighted by molar-refractivity contribution is 0.0793. The fourth-order valence-electron chi connectivity index (χ4n) is 4.17. The highest BCUT2D eigenvalue weighted by atomic mass is 16.5. The monoisotopic (exact) mass is 411 g/mol. The number of fused-ring (bicyclic) bond motifs is 1. The molecule has 0 saturated heterocycles. The summed E-state index contributed by atoms with van der Waals surface area (Å²) in [6, 6.07) is 3.58. The number of H-pyrrole nitrogens is 1. The van der Waals surface area contributed by atoms with Crippen molar-refractivity contribution in [1.29, 1.82) is 0 Å². The van der Waals surface area contributed by atoms with Gasteiger partial charge in [0.25, 0.3) is 0 Å². The molecule has 0 spiro atoms. The Morgan fingerprint density at radius 1 is 1.20 bits per heavy atom. The summed E-state index contributed by atoms with van der Waals surface area (Å²) in [6.07, 6.45) is 4.59. The van der Waals surface area contributed by atoms with Crippen LogP contribution in [0.2, 0.25) is 0 Å². The van der Waals surface area contributed by atoms with Crippen LogP contribution < -0.4 is 14.2 Å². The number of aliphatic hydroxyl groups excluding tert-OH is 1.